The van der Waals surface area contributed by atoms with Crippen LogP contribution in [0.15, 0.2) is 72.8 Å². The molecule has 3 aromatic rings. The van der Waals surface area contributed by atoms with E-state index in [-0.39, 0.29) is 24.9 Å². The number of aryl methyl sites for hydroxylation is 1. The number of carbonyl (C=O) groups excluding carboxylic acids is 2. The molecule has 0 aliphatic heterocycles. The Balaban J connectivity index is 1.75. The van der Waals surface area contributed by atoms with Crippen LogP contribution in [0, 0.1) is 6.92 Å². The summed E-state index contributed by atoms with van der Waals surface area (Å²) in [6.07, 6.45) is 5.18. The standard InChI is InChI=1S/C31H35Cl2N3O4S/c1-22-18-25(32)16-17-28(22)36(41(2,39)40)21-30(37)35(20-24-12-6-9-15-27(24)33)29(19-23-10-4-3-5-11-23)31(38)34-26-13-7-8-14-26/h3-6,9-12,15-18,26,29H,7-8,13-14,19-21H2,1-2H3,(H,34,38). The zero-order valence-corrected chi connectivity index (χ0v) is 25.6. The predicted octanol–water partition coefficient (Wildman–Crippen LogP) is 5.77. The van der Waals surface area contributed by atoms with E-state index in [1.54, 1.807) is 43.3 Å². The molecule has 10 heteroatoms. The molecule has 1 aliphatic rings. The predicted molar refractivity (Wildman–Crippen MR) is 165 cm³/mol. The fourth-order valence-corrected chi connectivity index (χ4v) is 6.55. The van der Waals surface area contributed by atoms with Gasteiger partial charge in [0.25, 0.3) is 0 Å². The summed E-state index contributed by atoms with van der Waals surface area (Å²) in [4.78, 5) is 29.6. The van der Waals surface area contributed by atoms with Crippen molar-refractivity contribution in [3.05, 3.63) is 99.5 Å². The number of nitrogens with one attached hydrogen (secondary N) is 1. The molecule has 0 saturated heterocycles. The topological polar surface area (TPSA) is 86.8 Å². The van der Waals surface area contributed by atoms with E-state index < -0.39 is 28.5 Å². The molecular formula is C31H35Cl2N3O4S. The van der Waals surface area contributed by atoms with Gasteiger partial charge in [-0.25, -0.2) is 8.42 Å². The van der Waals surface area contributed by atoms with E-state index in [1.165, 1.54) is 4.90 Å². The molecule has 0 bridgehead atoms. The molecule has 7 nitrogen and oxygen atoms in total. The second kappa shape index (κ2) is 13.7. The Bertz CT molecular complexity index is 1480. The zero-order chi connectivity index (χ0) is 29.6. The van der Waals surface area contributed by atoms with Gasteiger partial charge in [0, 0.05) is 29.1 Å². The number of hydrogen-bond acceptors (Lipinski definition) is 4. The monoisotopic (exact) mass is 615 g/mol. The van der Waals surface area contributed by atoms with Gasteiger partial charge < -0.3 is 10.2 Å². The molecule has 1 unspecified atom stereocenters. The number of hydrogen-bond donors (Lipinski definition) is 1. The average molecular weight is 617 g/mol. The third-order valence-corrected chi connectivity index (χ3v) is 9.11. The van der Waals surface area contributed by atoms with Crippen LogP contribution in [0.4, 0.5) is 5.69 Å². The van der Waals surface area contributed by atoms with Gasteiger partial charge >= 0.3 is 0 Å². The molecule has 1 atom stereocenters. The number of anilines is 1. The van der Waals surface area contributed by atoms with Crippen molar-refractivity contribution in [2.45, 2.75) is 57.7 Å². The maximum Gasteiger partial charge on any atom is 0.244 e. The van der Waals surface area contributed by atoms with Crippen LogP contribution in [0.5, 0.6) is 0 Å². The Morgan fingerprint density at radius 2 is 1.63 bits per heavy atom. The van der Waals surface area contributed by atoms with Crippen molar-refractivity contribution >= 4 is 50.7 Å². The highest BCUT2D eigenvalue weighted by Gasteiger charge is 2.34. The van der Waals surface area contributed by atoms with Gasteiger partial charge in [0.15, 0.2) is 0 Å². The normalized spacial score (nSPS) is 14.4. The summed E-state index contributed by atoms with van der Waals surface area (Å²) in [6.45, 7) is 1.28. The highest BCUT2D eigenvalue weighted by molar-refractivity contribution is 7.92. The molecule has 0 aromatic heterocycles. The van der Waals surface area contributed by atoms with Crippen LogP contribution in [0.3, 0.4) is 0 Å². The first-order valence-corrected chi connectivity index (χ1v) is 16.2. The molecule has 1 saturated carbocycles. The molecule has 4 rings (SSSR count). The molecule has 1 aliphatic carbocycles. The van der Waals surface area contributed by atoms with Crippen LogP contribution in [-0.2, 0) is 32.6 Å². The van der Waals surface area contributed by atoms with Gasteiger partial charge in [-0.2, -0.15) is 0 Å². The number of benzene rings is 3. The highest BCUT2D eigenvalue weighted by Crippen LogP contribution is 2.27. The van der Waals surface area contributed by atoms with Crippen LogP contribution in [0.1, 0.15) is 42.4 Å². The van der Waals surface area contributed by atoms with Crippen LogP contribution < -0.4 is 9.62 Å². The van der Waals surface area contributed by atoms with Crippen molar-refractivity contribution < 1.29 is 18.0 Å². The fraction of sp³-hybridized carbons (Fsp3) is 0.355. The number of carbonyl (C=O) groups is 2. The molecular weight excluding hydrogens is 581 g/mol. The first kappa shape index (κ1) is 30.9. The van der Waals surface area contributed by atoms with Crippen LogP contribution in [0.25, 0.3) is 0 Å². The van der Waals surface area contributed by atoms with Crippen molar-refractivity contribution in [1.29, 1.82) is 0 Å². The Hall–Kier alpha value is -3.07. The highest BCUT2D eigenvalue weighted by atomic mass is 35.5. The van der Waals surface area contributed by atoms with Gasteiger partial charge in [-0.05, 0) is 60.7 Å². The van der Waals surface area contributed by atoms with Crippen molar-refractivity contribution in [2.24, 2.45) is 0 Å². The lowest BCUT2D eigenvalue weighted by molar-refractivity contribution is -0.140. The summed E-state index contributed by atoms with van der Waals surface area (Å²) in [6, 6.07) is 20.6. The van der Waals surface area contributed by atoms with Gasteiger partial charge in [-0.3, -0.25) is 13.9 Å². The molecule has 0 spiro atoms. The molecule has 0 heterocycles. The Morgan fingerprint density at radius 1 is 0.976 bits per heavy atom. The van der Waals surface area contributed by atoms with Crippen molar-refractivity contribution in [3.8, 4) is 0 Å². The van der Waals surface area contributed by atoms with E-state index in [4.69, 9.17) is 23.2 Å². The minimum absolute atomic E-state index is 0.0330. The maximum atomic E-state index is 14.2. The molecule has 3 aromatic carbocycles. The summed E-state index contributed by atoms with van der Waals surface area (Å²) >= 11 is 12.6. The average Bonchev–Trinajstić information content (AvgIpc) is 3.43. The van der Waals surface area contributed by atoms with Gasteiger partial charge in [0.05, 0.1) is 11.9 Å². The molecule has 41 heavy (non-hydrogen) atoms. The first-order chi connectivity index (χ1) is 19.5. The SMILES string of the molecule is Cc1cc(Cl)ccc1N(CC(=O)N(Cc1ccccc1Cl)C(Cc1ccccc1)C(=O)NC1CCCC1)S(C)(=O)=O. The lowest BCUT2D eigenvalue weighted by Crippen LogP contribution is -2.54. The van der Waals surface area contributed by atoms with E-state index in [0.717, 1.165) is 41.8 Å². The molecule has 2 amide bonds. The Labute approximate surface area is 252 Å². The summed E-state index contributed by atoms with van der Waals surface area (Å²) in [5.74, 6) is -0.790. The van der Waals surface area contributed by atoms with Crippen molar-refractivity contribution in [1.82, 2.24) is 10.2 Å². The third kappa shape index (κ3) is 8.24. The molecule has 0 radical (unpaired) electrons. The second-order valence-corrected chi connectivity index (χ2v) is 13.3. The summed E-state index contributed by atoms with van der Waals surface area (Å²) in [5.41, 5.74) is 2.48. The van der Waals surface area contributed by atoms with Crippen LogP contribution >= 0.6 is 23.2 Å². The third-order valence-electron chi connectivity index (χ3n) is 7.38. The number of amides is 2. The van der Waals surface area contributed by atoms with Gasteiger partial charge in [0.2, 0.25) is 21.8 Å². The fourth-order valence-electron chi connectivity index (χ4n) is 5.23. The number of halogens is 2. The minimum Gasteiger partial charge on any atom is -0.352 e. The zero-order valence-electron chi connectivity index (χ0n) is 23.2. The smallest absolute Gasteiger partial charge is 0.244 e. The minimum atomic E-state index is -3.87. The van der Waals surface area contributed by atoms with Crippen molar-refractivity contribution in [2.75, 3.05) is 17.1 Å². The number of sulfonamides is 1. The Kier molecular flexibility index (Phi) is 10.3. The lowest BCUT2D eigenvalue weighted by Gasteiger charge is -2.34. The Morgan fingerprint density at radius 3 is 2.27 bits per heavy atom. The van der Waals surface area contributed by atoms with E-state index in [1.807, 2.05) is 36.4 Å². The number of nitrogens with zero attached hydrogens (tertiary/aromatic N) is 2. The van der Waals surface area contributed by atoms with Gasteiger partial charge in [-0.15, -0.1) is 0 Å². The van der Waals surface area contributed by atoms with E-state index in [2.05, 4.69) is 5.32 Å². The van der Waals surface area contributed by atoms with Crippen molar-refractivity contribution in [3.63, 3.8) is 0 Å². The van der Waals surface area contributed by atoms with E-state index in [0.29, 0.717) is 26.9 Å². The second-order valence-electron chi connectivity index (χ2n) is 10.5. The largest absolute Gasteiger partial charge is 0.352 e. The summed E-state index contributed by atoms with van der Waals surface area (Å²) in [5, 5.41) is 4.06. The maximum absolute atomic E-state index is 14.2. The van der Waals surface area contributed by atoms with E-state index >= 15 is 0 Å². The van der Waals surface area contributed by atoms with Crippen LogP contribution in [-0.4, -0.2) is 50.0 Å². The molecule has 218 valence electrons. The summed E-state index contributed by atoms with van der Waals surface area (Å²) in [7, 11) is -3.87. The van der Waals surface area contributed by atoms with Gasteiger partial charge in [0.1, 0.15) is 12.6 Å². The van der Waals surface area contributed by atoms with Gasteiger partial charge in [-0.1, -0.05) is 84.6 Å². The quantitative estimate of drug-likeness (QED) is 0.297. The number of rotatable bonds is 11. The molecule has 1 fully saturated rings. The molecule has 1 N–H and O–H groups in total. The first-order valence-electron chi connectivity index (χ1n) is 13.6. The lowest BCUT2D eigenvalue weighted by atomic mass is 10.0. The van der Waals surface area contributed by atoms with E-state index in [9.17, 15) is 18.0 Å². The summed E-state index contributed by atoms with van der Waals surface area (Å²) < 4.78 is 27.0. The van der Waals surface area contributed by atoms with Crippen LogP contribution in [0.2, 0.25) is 10.0 Å².